The Hall–Kier alpha value is -3.07. The van der Waals surface area contributed by atoms with Crippen LogP contribution in [0.25, 0.3) is 0 Å². The second-order valence-electron chi connectivity index (χ2n) is 10.7. The summed E-state index contributed by atoms with van der Waals surface area (Å²) in [7, 11) is -1.97. The molecule has 0 bridgehead atoms. The second kappa shape index (κ2) is 13.1. The lowest BCUT2D eigenvalue weighted by Gasteiger charge is -2.33. The van der Waals surface area contributed by atoms with Gasteiger partial charge in [-0.3, -0.25) is 13.9 Å². The fourth-order valence-corrected chi connectivity index (χ4v) is 5.18. The molecule has 0 spiro atoms. The van der Waals surface area contributed by atoms with E-state index in [1.54, 1.807) is 18.1 Å². The Morgan fingerprint density at radius 1 is 1.05 bits per heavy atom. The maximum atomic E-state index is 13.6. The highest BCUT2D eigenvalue weighted by Crippen LogP contribution is 2.23. The number of ether oxygens (including phenoxy) is 1. The minimum atomic E-state index is -3.55. The summed E-state index contributed by atoms with van der Waals surface area (Å²) in [5, 5.41) is 2.99. The molecule has 2 rings (SSSR count). The monoisotopic (exact) mass is 545 g/mol. The van der Waals surface area contributed by atoms with Crippen molar-refractivity contribution < 1.29 is 22.7 Å². The molecule has 0 saturated carbocycles. The maximum absolute atomic E-state index is 13.6. The first-order valence-electron chi connectivity index (χ1n) is 13.0. The predicted molar refractivity (Wildman–Crippen MR) is 153 cm³/mol. The summed E-state index contributed by atoms with van der Waals surface area (Å²) >= 11 is 0. The van der Waals surface area contributed by atoms with Crippen molar-refractivity contribution in [1.82, 2.24) is 10.2 Å². The van der Waals surface area contributed by atoms with E-state index in [0.717, 1.165) is 16.7 Å². The molecule has 0 unspecified atom stereocenters. The van der Waals surface area contributed by atoms with Gasteiger partial charge in [0.1, 0.15) is 11.8 Å². The fraction of sp³-hybridized carbons (Fsp3) is 0.517. The van der Waals surface area contributed by atoms with E-state index < -0.39 is 21.6 Å². The minimum Gasteiger partial charge on any atom is -0.497 e. The SMILES string of the molecule is CC[C@@H](C(=O)NC(C)(C)C)N(Cc1cccc(OC)c1)C(=O)CCCN(c1ccc(C)c(C)c1)S(C)(=O)=O. The van der Waals surface area contributed by atoms with Crippen LogP contribution in [0.5, 0.6) is 5.75 Å². The summed E-state index contributed by atoms with van der Waals surface area (Å²) in [6, 6.07) is 12.3. The highest BCUT2D eigenvalue weighted by Gasteiger charge is 2.31. The Labute approximate surface area is 228 Å². The van der Waals surface area contributed by atoms with Gasteiger partial charge in [-0.15, -0.1) is 0 Å². The number of hydrogen-bond donors (Lipinski definition) is 1. The number of benzene rings is 2. The van der Waals surface area contributed by atoms with Crippen LogP contribution in [-0.4, -0.2) is 56.6 Å². The van der Waals surface area contributed by atoms with Crippen LogP contribution in [0.2, 0.25) is 0 Å². The summed E-state index contributed by atoms with van der Waals surface area (Å²) in [5.41, 5.74) is 3.04. The summed E-state index contributed by atoms with van der Waals surface area (Å²) in [4.78, 5) is 28.4. The summed E-state index contributed by atoms with van der Waals surface area (Å²) < 4.78 is 31.8. The third-order valence-electron chi connectivity index (χ3n) is 6.30. The Morgan fingerprint density at radius 3 is 2.29 bits per heavy atom. The van der Waals surface area contributed by atoms with E-state index in [1.807, 2.05) is 77.9 Å². The lowest BCUT2D eigenvalue weighted by Crippen LogP contribution is -2.53. The van der Waals surface area contributed by atoms with E-state index in [-0.39, 0.29) is 31.3 Å². The predicted octanol–water partition coefficient (Wildman–Crippen LogP) is 4.58. The first kappa shape index (κ1) is 31.1. The molecule has 210 valence electrons. The molecule has 2 amide bonds. The van der Waals surface area contributed by atoms with Gasteiger partial charge in [0.2, 0.25) is 21.8 Å². The number of methoxy groups -OCH3 is 1. The molecule has 0 fully saturated rings. The van der Waals surface area contributed by atoms with Crippen LogP contribution < -0.4 is 14.4 Å². The van der Waals surface area contributed by atoms with E-state index >= 15 is 0 Å². The quantitative estimate of drug-likeness (QED) is 0.421. The highest BCUT2D eigenvalue weighted by atomic mass is 32.2. The molecule has 2 aromatic rings. The molecule has 0 saturated heterocycles. The number of carbonyl (C=O) groups is 2. The second-order valence-corrected chi connectivity index (χ2v) is 12.7. The standard InChI is InChI=1S/C29H43N3O5S/c1-9-26(28(34)30-29(4,5)6)31(20-23-12-10-13-25(19-23)37-7)27(33)14-11-17-32(38(8,35)36)24-16-15-21(2)22(3)18-24/h10,12-13,15-16,18-19,26H,9,11,14,17,20H2,1-8H3,(H,30,34)/t26-/m0/s1. The first-order valence-corrected chi connectivity index (χ1v) is 14.8. The number of carbonyl (C=O) groups excluding carboxylic acids is 2. The number of nitrogens with one attached hydrogen (secondary N) is 1. The molecular formula is C29H43N3O5S. The maximum Gasteiger partial charge on any atom is 0.243 e. The van der Waals surface area contributed by atoms with E-state index in [2.05, 4.69) is 5.32 Å². The Morgan fingerprint density at radius 2 is 1.74 bits per heavy atom. The number of rotatable bonds is 12. The van der Waals surface area contributed by atoms with Gasteiger partial charge >= 0.3 is 0 Å². The Balaban J connectivity index is 2.28. The van der Waals surface area contributed by atoms with Gasteiger partial charge in [-0.2, -0.15) is 0 Å². The molecule has 0 heterocycles. The molecule has 0 aliphatic rings. The van der Waals surface area contributed by atoms with Gasteiger partial charge in [-0.1, -0.05) is 25.1 Å². The van der Waals surface area contributed by atoms with Crippen molar-refractivity contribution in [2.75, 3.05) is 24.2 Å². The first-order chi connectivity index (χ1) is 17.7. The average molecular weight is 546 g/mol. The largest absolute Gasteiger partial charge is 0.497 e. The molecule has 0 aromatic heterocycles. The van der Waals surface area contributed by atoms with E-state index in [1.165, 1.54) is 10.6 Å². The molecule has 38 heavy (non-hydrogen) atoms. The summed E-state index contributed by atoms with van der Waals surface area (Å²) in [5.74, 6) is 0.237. The van der Waals surface area contributed by atoms with Gasteiger partial charge in [0, 0.05) is 25.0 Å². The van der Waals surface area contributed by atoms with Crippen molar-refractivity contribution >= 4 is 27.5 Å². The van der Waals surface area contributed by atoms with E-state index in [9.17, 15) is 18.0 Å². The highest BCUT2D eigenvalue weighted by molar-refractivity contribution is 7.92. The summed E-state index contributed by atoms with van der Waals surface area (Å²) in [6.07, 6.45) is 2.02. The fourth-order valence-electron chi connectivity index (χ4n) is 4.22. The zero-order valence-electron chi connectivity index (χ0n) is 24.0. The van der Waals surface area contributed by atoms with Crippen LogP contribution in [0.1, 0.15) is 63.6 Å². The van der Waals surface area contributed by atoms with E-state index in [4.69, 9.17) is 4.74 Å². The number of nitrogens with zero attached hydrogens (tertiary/aromatic N) is 2. The Bertz CT molecular complexity index is 1220. The van der Waals surface area contributed by atoms with Crippen molar-refractivity contribution in [3.8, 4) is 5.75 Å². The summed E-state index contributed by atoms with van der Waals surface area (Å²) in [6.45, 7) is 11.9. The lowest BCUT2D eigenvalue weighted by atomic mass is 10.0. The van der Waals surface area contributed by atoms with Crippen molar-refractivity contribution in [3.05, 3.63) is 59.2 Å². The van der Waals surface area contributed by atoms with Gasteiger partial charge in [0.15, 0.2) is 0 Å². The smallest absolute Gasteiger partial charge is 0.243 e. The van der Waals surface area contributed by atoms with Crippen molar-refractivity contribution in [3.63, 3.8) is 0 Å². The number of anilines is 1. The molecule has 1 N–H and O–H groups in total. The van der Waals surface area contributed by atoms with Crippen molar-refractivity contribution in [2.45, 2.75) is 78.9 Å². The third kappa shape index (κ3) is 9.04. The average Bonchev–Trinajstić information content (AvgIpc) is 2.81. The minimum absolute atomic E-state index is 0.0974. The molecule has 0 aliphatic carbocycles. The normalized spacial score (nSPS) is 12.5. The molecule has 8 nitrogen and oxygen atoms in total. The molecule has 1 atom stereocenters. The molecule has 0 radical (unpaired) electrons. The van der Waals surface area contributed by atoms with Crippen LogP contribution in [0.3, 0.4) is 0 Å². The van der Waals surface area contributed by atoms with E-state index in [0.29, 0.717) is 24.3 Å². The van der Waals surface area contributed by atoms with Gasteiger partial charge in [-0.05, 0) is 88.4 Å². The number of amides is 2. The lowest BCUT2D eigenvalue weighted by molar-refractivity contribution is -0.142. The number of aryl methyl sites for hydroxylation is 2. The molecule has 2 aromatic carbocycles. The van der Waals surface area contributed by atoms with Gasteiger partial charge in [0.25, 0.3) is 0 Å². The Kier molecular flexibility index (Phi) is 10.8. The van der Waals surface area contributed by atoms with Crippen molar-refractivity contribution in [1.29, 1.82) is 0 Å². The van der Waals surface area contributed by atoms with Gasteiger partial charge in [-0.25, -0.2) is 8.42 Å². The van der Waals surface area contributed by atoms with Crippen LogP contribution >= 0.6 is 0 Å². The topological polar surface area (TPSA) is 96.0 Å². The zero-order valence-corrected chi connectivity index (χ0v) is 24.8. The van der Waals surface area contributed by atoms with Crippen LogP contribution in [0.4, 0.5) is 5.69 Å². The van der Waals surface area contributed by atoms with Gasteiger partial charge < -0.3 is 15.0 Å². The number of sulfonamides is 1. The molecular weight excluding hydrogens is 502 g/mol. The molecule has 9 heteroatoms. The van der Waals surface area contributed by atoms with Crippen molar-refractivity contribution in [2.24, 2.45) is 0 Å². The molecule has 0 aliphatic heterocycles. The van der Waals surface area contributed by atoms with Crippen LogP contribution in [-0.2, 0) is 26.2 Å². The number of hydrogen-bond acceptors (Lipinski definition) is 5. The van der Waals surface area contributed by atoms with Gasteiger partial charge in [0.05, 0.1) is 19.1 Å². The zero-order chi connectivity index (χ0) is 28.7. The third-order valence-corrected chi connectivity index (χ3v) is 7.50. The van der Waals surface area contributed by atoms with Crippen LogP contribution in [0, 0.1) is 13.8 Å². The van der Waals surface area contributed by atoms with Crippen LogP contribution in [0.15, 0.2) is 42.5 Å².